The summed E-state index contributed by atoms with van der Waals surface area (Å²) in [5.74, 6) is -2.48. The van der Waals surface area contributed by atoms with Gasteiger partial charge in [0.1, 0.15) is 48.8 Å². The van der Waals surface area contributed by atoms with Crippen LogP contribution in [0.2, 0.25) is 0 Å². The van der Waals surface area contributed by atoms with Crippen molar-refractivity contribution in [1.29, 1.82) is 0 Å². The van der Waals surface area contributed by atoms with E-state index < -0.39 is 98.0 Å². The summed E-state index contributed by atoms with van der Waals surface area (Å²) in [6.45, 7) is 0.0224. The first-order chi connectivity index (χ1) is 22.3. The molecule has 2 aliphatic heterocycles. The summed E-state index contributed by atoms with van der Waals surface area (Å²) >= 11 is 0. The maximum atomic E-state index is 12.9. The highest BCUT2D eigenvalue weighted by molar-refractivity contribution is 5.87. The van der Waals surface area contributed by atoms with Crippen LogP contribution >= 0.6 is 0 Å². The van der Waals surface area contributed by atoms with Crippen LogP contribution in [0.3, 0.4) is 0 Å². The molecule has 2 heterocycles. The Morgan fingerprint density at radius 2 is 1.51 bits per heavy atom. The monoisotopic (exact) mass is 668 g/mol. The van der Waals surface area contributed by atoms with Gasteiger partial charge in [-0.05, 0) is 48.4 Å². The maximum Gasteiger partial charge on any atom is 0.331 e. The normalized spacial score (nSPS) is 31.9. The van der Waals surface area contributed by atoms with Gasteiger partial charge in [-0.1, -0.05) is 12.1 Å². The molecule has 2 aliphatic rings. The Balaban J connectivity index is 1.53. The second kappa shape index (κ2) is 16.0. The van der Waals surface area contributed by atoms with Crippen LogP contribution in [0, 0.1) is 0 Å². The number of hydrogen-bond acceptors (Lipinski definition) is 16. The van der Waals surface area contributed by atoms with Crippen LogP contribution in [0.5, 0.6) is 23.0 Å². The third-order valence-corrected chi connectivity index (χ3v) is 7.93. The number of ether oxygens (including phenoxy) is 6. The summed E-state index contributed by atoms with van der Waals surface area (Å²) in [7, 11) is 1.36. The van der Waals surface area contributed by atoms with Gasteiger partial charge >= 0.3 is 5.97 Å². The lowest BCUT2D eigenvalue weighted by Gasteiger charge is -2.44. The first-order valence-corrected chi connectivity index (χ1v) is 14.7. The highest BCUT2D eigenvalue weighted by Gasteiger charge is 2.50. The number of aliphatic hydroxyl groups excluding tert-OH is 5. The lowest BCUT2D eigenvalue weighted by atomic mass is 9.95. The molecule has 47 heavy (non-hydrogen) atoms. The molecule has 2 aromatic rings. The number of phenolic OH excluding ortho intramolecular Hbond substituents is 4. The fourth-order valence-corrected chi connectivity index (χ4v) is 5.20. The fraction of sp³-hybridized carbons (Fsp3) is 0.516. The number of hydrogen-bond donors (Lipinski definition) is 9. The van der Waals surface area contributed by atoms with Crippen molar-refractivity contribution in [3.8, 4) is 23.0 Å². The summed E-state index contributed by atoms with van der Waals surface area (Å²) in [6.07, 6.45) is -12.5. The summed E-state index contributed by atoms with van der Waals surface area (Å²) in [6, 6.07) is 7.84. The molecule has 0 spiro atoms. The molecule has 2 aromatic carbocycles. The average molecular weight is 669 g/mol. The molecule has 2 saturated heterocycles. The van der Waals surface area contributed by atoms with E-state index in [1.165, 1.54) is 56.5 Å². The number of carbonyl (C=O) groups excluding carboxylic acids is 1. The Kier molecular flexibility index (Phi) is 12.4. The first kappa shape index (κ1) is 36.3. The molecule has 0 aromatic heterocycles. The molecular weight excluding hydrogens is 628 g/mol. The highest BCUT2D eigenvalue weighted by atomic mass is 16.7. The van der Waals surface area contributed by atoms with E-state index in [1.54, 1.807) is 0 Å². The lowest BCUT2D eigenvalue weighted by molar-refractivity contribution is -0.318. The van der Waals surface area contributed by atoms with E-state index in [2.05, 4.69) is 0 Å². The van der Waals surface area contributed by atoms with Crippen LogP contribution in [-0.2, 0) is 33.2 Å². The largest absolute Gasteiger partial charge is 0.504 e. The zero-order chi connectivity index (χ0) is 34.4. The lowest BCUT2D eigenvalue weighted by Crippen LogP contribution is -2.63. The highest BCUT2D eigenvalue weighted by Crippen LogP contribution is 2.32. The number of rotatable bonds is 12. The van der Waals surface area contributed by atoms with Gasteiger partial charge in [-0.15, -0.1) is 0 Å². The van der Waals surface area contributed by atoms with Crippen molar-refractivity contribution in [3.63, 3.8) is 0 Å². The Morgan fingerprint density at radius 3 is 2.15 bits per heavy atom. The molecule has 0 bridgehead atoms. The Hall–Kier alpha value is -3.55. The standard InChI is InChI=1S/C31H40O16/c1-14-25(38)27(40)26(39)23(45-14)13-43-30-28(41)31(44-12-22(42-2)16-5-7-18(34)20(36)10-16)46-21(11-32)29(30)47-24(37)8-4-15-3-6-17(33)19(35)9-15/h3-10,14,21-23,25-36,38-41H,11-13H2,1-2H3/b8-4+/t14-,21+,22?,23-,25-,26-,27+,28+,29+,30+,31+/m0/s1. The van der Waals surface area contributed by atoms with Crippen LogP contribution < -0.4 is 0 Å². The van der Waals surface area contributed by atoms with Crippen LogP contribution in [0.4, 0.5) is 0 Å². The van der Waals surface area contributed by atoms with E-state index in [0.29, 0.717) is 11.1 Å². The van der Waals surface area contributed by atoms with Gasteiger partial charge in [0.05, 0.1) is 25.9 Å². The van der Waals surface area contributed by atoms with Gasteiger partial charge < -0.3 is 74.4 Å². The van der Waals surface area contributed by atoms with E-state index in [0.717, 1.165) is 6.08 Å². The molecule has 11 atom stereocenters. The van der Waals surface area contributed by atoms with Crippen LogP contribution in [0.25, 0.3) is 6.08 Å². The predicted molar refractivity (Wildman–Crippen MR) is 158 cm³/mol. The van der Waals surface area contributed by atoms with Gasteiger partial charge in [0.2, 0.25) is 0 Å². The van der Waals surface area contributed by atoms with Crippen LogP contribution in [0.1, 0.15) is 24.2 Å². The Morgan fingerprint density at radius 1 is 0.830 bits per heavy atom. The zero-order valence-corrected chi connectivity index (χ0v) is 25.5. The van der Waals surface area contributed by atoms with Crippen molar-refractivity contribution < 1.29 is 79.2 Å². The molecule has 0 saturated carbocycles. The van der Waals surface area contributed by atoms with Gasteiger partial charge in [-0.25, -0.2) is 4.79 Å². The minimum Gasteiger partial charge on any atom is -0.504 e. The quantitative estimate of drug-likeness (QED) is 0.0760. The minimum absolute atomic E-state index is 0.258. The number of aromatic hydroxyl groups is 4. The summed E-state index contributed by atoms with van der Waals surface area (Å²) in [4.78, 5) is 12.9. The number of aliphatic hydroxyl groups is 5. The number of esters is 1. The second-order valence-corrected chi connectivity index (χ2v) is 11.2. The third kappa shape index (κ3) is 8.68. The smallest absolute Gasteiger partial charge is 0.331 e. The second-order valence-electron chi connectivity index (χ2n) is 11.2. The molecule has 260 valence electrons. The summed E-state index contributed by atoms with van der Waals surface area (Å²) < 4.78 is 34.0. The van der Waals surface area contributed by atoms with Crippen molar-refractivity contribution in [3.05, 3.63) is 53.6 Å². The first-order valence-electron chi connectivity index (χ1n) is 14.7. The number of phenols is 4. The van der Waals surface area contributed by atoms with Gasteiger partial charge in [0.15, 0.2) is 35.4 Å². The van der Waals surface area contributed by atoms with E-state index >= 15 is 0 Å². The molecule has 16 nitrogen and oxygen atoms in total. The molecule has 9 N–H and O–H groups in total. The van der Waals surface area contributed by atoms with Crippen molar-refractivity contribution in [2.45, 2.75) is 74.3 Å². The van der Waals surface area contributed by atoms with Crippen molar-refractivity contribution in [2.75, 3.05) is 26.9 Å². The number of carbonyl (C=O) groups is 1. The topological polar surface area (TPSA) is 255 Å². The van der Waals surface area contributed by atoms with E-state index in [9.17, 15) is 50.8 Å². The molecule has 16 heteroatoms. The van der Waals surface area contributed by atoms with E-state index in [4.69, 9.17) is 28.4 Å². The predicted octanol–water partition coefficient (Wildman–Crippen LogP) is -0.828. The number of benzene rings is 2. The Bertz CT molecular complexity index is 1370. The molecule has 1 unspecified atom stereocenters. The van der Waals surface area contributed by atoms with E-state index in [-0.39, 0.29) is 18.1 Å². The SMILES string of the molecule is COC(CO[C@@H]1O[C@H](CO)[C@@H](OC(=O)/C=C/c2ccc(O)c(O)c2)[C@H](OC[C@@H]2O[C@@H](C)[C@H](O)[C@@H](O)[C@H]2O)[C@H]1O)c1ccc(O)c(O)c1. The van der Waals surface area contributed by atoms with Gasteiger partial charge in [-0.2, -0.15) is 0 Å². The Labute approximate surface area is 269 Å². The molecule has 0 radical (unpaired) electrons. The molecule has 4 rings (SSSR count). The minimum atomic E-state index is -1.69. The molecule has 0 amide bonds. The van der Waals surface area contributed by atoms with E-state index in [1.807, 2.05) is 0 Å². The molecule has 2 fully saturated rings. The summed E-state index contributed by atoms with van der Waals surface area (Å²) in [5, 5.41) is 91.0. The maximum absolute atomic E-state index is 12.9. The van der Waals surface area contributed by atoms with Gasteiger partial charge in [0, 0.05) is 13.2 Å². The van der Waals surface area contributed by atoms with Crippen molar-refractivity contribution in [1.82, 2.24) is 0 Å². The van der Waals surface area contributed by atoms with Crippen molar-refractivity contribution in [2.24, 2.45) is 0 Å². The third-order valence-electron chi connectivity index (χ3n) is 7.93. The zero-order valence-electron chi connectivity index (χ0n) is 25.5. The summed E-state index contributed by atoms with van der Waals surface area (Å²) in [5.41, 5.74) is 0.753. The number of methoxy groups -OCH3 is 1. The average Bonchev–Trinajstić information content (AvgIpc) is 3.05. The fourth-order valence-electron chi connectivity index (χ4n) is 5.20. The van der Waals surface area contributed by atoms with Crippen LogP contribution in [-0.4, -0.2) is 140 Å². The van der Waals surface area contributed by atoms with Crippen LogP contribution in [0.15, 0.2) is 42.5 Å². The van der Waals surface area contributed by atoms with Gasteiger partial charge in [0.25, 0.3) is 0 Å². The van der Waals surface area contributed by atoms with Crippen molar-refractivity contribution >= 4 is 12.0 Å². The molecule has 0 aliphatic carbocycles. The van der Waals surface area contributed by atoms with Gasteiger partial charge in [-0.3, -0.25) is 0 Å². The molecular formula is C31H40O16.